The van der Waals surface area contributed by atoms with Crippen molar-refractivity contribution in [3.63, 3.8) is 0 Å². The van der Waals surface area contributed by atoms with Crippen molar-refractivity contribution >= 4 is 29.1 Å². The number of carbonyl (C=O) groups excluding carboxylic acids is 3. The Hall–Kier alpha value is -3.90. The monoisotopic (exact) mass is 556 g/mol. The molecule has 2 aromatic carbocycles. The highest BCUT2D eigenvalue weighted by molar-refractivity contribution is 6.19. The third kappa shape index (κ3) is 8.29. The van der Waals surface area contributed by atoms with Crippen molar-refractivity contribution in [2.75, 3.05) is 5.32 Å². The number of carbonyl (C=O) groups is 3. The van der Waals surface area contributed by atoms with Crippen molar-refractivity contribution in [3.8, 4) is 0 Å². The Morgan fingerprint density at radius 1 is 0.974 bits per heavy atom. The molecule has 1 aliphatic heterocycles. The summed E-state index contributed by atoms with van der Waals surface area (Å²) in [6.07, 6.45) is -16.3. The molecule has 7 nitrogen and oxygen atoms in total. The summed E-state index contributed by atoms with van der Waals surface area (Å²) < 4.78 is 77.5. The molecule has 0 saturated heterocycles. The van der Waals surface area contributed by atoms with Crippen LogP contribution in [-0.4, -0.2) is 42.0 Å². The van der Waals surface area contributed by atoms with Gasteiger partial charge in [0, 0.05) is 35.8 Å². The molecule has 2 aromatic rings. The molecule has 0 unspecified atom stereocenters. The van der Waals surface area contributed by atoms with Gasteiger partial charge in [0.25, 0.3) is 5.91 Å². The molecule has 1 aliphatic rings. The SMILES string of the molecule is Cc1cccc(C2=N[C@H](NC(=O)[C@H](CCC(F)(F)F)[C@H](CCC(F)(F)F)C(N)=O)C(=O)Nc3ccccc32)c1. The average molecular weight is 557 g/mol. The number of nitrogens with zero attached hydrogens (tertiary/aromatic N) is 1. The van der Waals surface area contributed by atoms with Crippen LogP contribution in [0.5, 0.6) is 0 Å². The normalized spacial score (nSPS) is 17.3. The van der Waals surface area contributed by atoms with Crippen molar-refractivity contribution in [1.82, 2.24) is 5.32 Å². The first-order valence-electron chi connectivity index (χ1n) is 11.9. The molecular formula is C26H26F6N4O3. The zero-order valence-corrected chi connectivity index (χ0v) is 20.7. The summed E-state index contributed by atoms with van der Waals surface area (Å²) >= 11 is 0. The van der Waals surface area contributed by atoms with E-state index in [1.807, 2.05) is 13.0 Å². The molecular weight excluding hydrogens is 530 g/mol. The number of hydrogen-bond donors (Lipinski definition) is 3. The lowest BCUT2D eigenvalue weighted by atomic mass is 9.83. The van der Waals surface area contributed by atoms with Crippen LogP contribution < -0.4 is 16.4 Å². The van der Waals surface area contributed by atoms with Gasteiger partial charge in [-0.2, -0.15) is 26.3 Å². The van der Waals surface area contributed by atoms with E-state index in [4.69, 9.17) is 5.73 Å². The second-order valence-corrected chi connectivity index (χ2v) is 9.22. The second-order valence-electron chi connectivity index (χ2n) is 9.22. The number of aliphatic imine (C=N–C) groups is 1. The molecule has 0 fully saturated rings. The maximum atomic E-state index is 13.2. The fourth-order valence-electron chi connectivity index (χ4n) is 4.31. The van der Waals surface area contributed by atoms with Gasteiger partial charge < -0.3 is 16.4 Å². The Morgan fingerprint density at radius 3 is 2.18 bits per heavy atom. The van der Waals surface area contributed by atoms with Gasteiger partial charge in [0.1, 0.15) is 0 Å². The van der Waals surface area contributed by atoms with Crippen molar-refractivity contribution in [2.24, 2.45) is 22.6 Å². The molecule has 39 heavy (non-hydrogen) atoms. The zero-order chi connectivity index (χ0) is 29.0. The molecule has 0 aliphatic carbocycles. The van der Waals surface area contributed by atoms with Crippen LogP contribution in [0.2, 0.25) is 0 Å². The third-order valence-corrected chi connectivity index (χ3v) is 6.18. The molecule has 0 bridgehead atoms. The Labute approximate surface area is 219 Å². The minimum atomic E-state index is -4.76. The number of hydrogen-bond acceptors (Lipinski definition) is 4. The lowest BCUT2D eigenvalue weighted by Crippen LogP contribution is -2.48. The third-order valence-electron chi connectivity index (χ3n) is 6.18. The van der Waals surface area contributed by atoms with Crippen LogP contribution in [0.3, 0.4) is 0 Å². The van der Waals surface area contributed by atoms with Crippen LogP contribution in [0.4, 0.5) is 32.0 Å². The van der Waals surface area contributed by atoms with Crippen LogP contribution >= 0.6 is 0 Å². The molecule has 0 spiro atoms. The lowest BCUT2D eigenvalue weighted by molar-refractivity contribution is -0.152. The summed E-state index contributed by atoms with van der Waals surface area (Å²) in [5.74, 6) is -7.19. The first kappa shape index (κ1) is 29.7. The predicted molar refractivity (Wildman–Crippen MR) is 131 cm³/mol. The zero-order valence-electron chi connectivity index (χ0n) is 20.7. The lowest BCUT2D eigenvalue weighted by Gasteiger charge is -2.26. The number of alkyl halides is 6. The van der Waals surface area contributed by atoms with Crippen molar-refractivity contribution in [2.45, 2.75) is 51.1 Å². The van der Waals surface area contributed by atoms with E-state index < -0.39 is 73.8 Å². The van der Waals surface area contributed by atoms with Gasteiger partial charge in [0.05, 0.1) is 11.4 Å². The van der Waals surface area contributed by atoms with Crippen molar-refractivity contribution < 1.29 is 40.7 Å². The van der Waals surface area contributed by atoms with E-state index in [0.717, 1.165) is 5.56 Å². The number of amides is 3. The van der Waals surface area contributed by atoms with Gasteiger partial charge in [-0.15, -0.1) is 0 Å². The van der Waals surface area contributed by atoms with Gasteiger partial charge in [-0.3, -0.25) is 14.4 Å². The van der Waals surface area contributed by atoms with E-state index in [1.165, 1.54) is 0 Å². The summed E-state index contributed by atoms with van der Waals surface area (Å²) in [6.45, 7) is 1.82. The summed E-state index contributed by atoms with van der Waals surface area (Å²) in [7, 11) is 0. The molecule has 210 valence electrons. The van der Waals surface area contributed by atoms with Gasteiger partial charge in [-0.25, -0.2) is 4.99 Å². The number of rotatable bonds is 9. The summed E-state index contributed by atoms with van der Waals surface area (Å²) in [4.78, 5) is 42.6. The van der Waals surface area contributed by atoms with Gasteiger partial charge >= 0.3 is 12.4 Å². The second kappa shape index (κ2) is 11.9. The number of primary amides is 1. The average Bonchev–Trinajstić information content (AvgIpc) is 2.95. The van der Waals surface area contributed by atoms with E-state index >= 15 is 0 Å². The van der Waals surface area contributed by atoms with E-state index in [-0.39, 0.29) is 5.71 Å². The van der Waals surface area contributed by atoms with E-state index in [9.17, 15) is 40.7 Å². The van der Waals surface area contributed by atoms with Gasteiger partial charge in [0.2, 0.25) is 18.0 Å². The number of anilines is 1. The maximum Gasteiger partial charge on any atom is 0.389 e. The Morgan fingerprint density at radius 2 is 1.59 bits per heavy atom. The molecule has 0 aromatic heterocycles. The van der Waals surface area contributed by atoms with E-state index in [1.54, 1.807) is 42.5 Å². The molecule has 0 radical (unpaired) electrons. The molecule has 3 amide bonds. The van der Waals surface area contributed by atoms with Crippen LogP contribution in [0.15, 0.2) is 53.5 Å². The van der Waals surface area contributed by atoms with Crippen molar-refractivity contribution in [1.29, 1.82) is 0 Å². The molecule has 3 rings (SSSR count). The van der Waals surface area contributed by atoms with Gasteiger partial charge in [-0.05, 0) is 31.9 Å². The number of aryl methyl sites for hydroxylation is 1. The molecule has 1 heterocycles. The topological polar surface area (TPSA) is 114 Å². The van der Waals surface area contributed by atoms with Gasteiger partial charge in [0.15, 0.2) is 0 Å². The fraction of sp³-hybridized carbons (Fsp3) is 0.385. The van der Waals surface area contributed by atoms with Crippen LogP contribution in [-0.2, 0) is 14.4 Å². The summed E-state index contributed by atoms with van der Waals surface area (Å²) in [5.41, 5.74) is 7.80. The first-order chi connectivity index (χ1) is 18.1. The summed E-state index contributed by atoms with van der Waals surface area (Å²) in [6, 6.07) is 13.7. The molecule has 13 heteroatoms. The number of nitrogens with two attached hydrogens (primary N) is 1. The highest BCUT2D eigenvalue weighted by Gasteiger charge is 2.40. The Balaban J connectivity index is 1.99. The molecule has 4 N–H and O–H groups in total. The quantitative estimate of drug-likeness (QED) is 0.392. The number of nitrogens with one attached hydrogen (secondary N) is 2. The predicted octanol–water partition coefficient (Wildman–Crippen LogP) is 4.63. The standard InChI is InChI=1S/C26H26F6N4O3/c1-14-5-4-6-15(13-14)20-18-7-2-3-8-19(18)34-24(39)22(35-20)36-23(38)17(10-12-26(30,31)32)16(21(33)37)9-11-25(27,28)29/h2-8,13,16-17,22H,9-12H2,1H3,(H2,33,37)(H,34,39)(H,36,38)/t16-,17+,22+/m0/s1. The first-order valence-corrected chi connectivity index (χ1v) is 11.9. The van der Waals surface area contributed by atoms with Crippen molar-refractivity contribution in [3.05, 3.63) is 65.2 Å². The smallest absolute Gasteiger partial charge is 0.369 e. The number of benzene rings is 2. The van der Waals surface area contributed by atoms with Gasteiger partial charge in [-0.1, -0.05) is 42.0 Å². The highest BCUT2D eigenvalue weighted by atomic mass is 19.4. The minimum absolute atomic E-state index is 0.285. The van der Waals surface area contributed by atoms with E-state index in [0.29, 0.717) is 16.8 Å². The Bertz CT molecular complexity index is 1260. The number of benzodiazepines with no additional fused rings is 1. The number of para-hydroxylation sites is 1. The fourth-order valence-corrected chi connectivity index (χ4v) is 4.31. The Kier molecular flexibility index (Phi) is 9.03. The maximum absolute atomic E-state index is 13.2. The molecule has 3 atom stereocenters. The number of fused-ring (bicyclic) bond motifs is 1. The van der Waals surface area contributed by atoms with Crippen LogP contribution in [0.1, 0.15) is 42.4 Å². The van der Waals surface area contributed by atoms with Crippen LogP contribution in [0.25, 0.3) is 0 Å². The highest BCUT2D eigenvalue weighted by Crippen LogP contribution is 2.33. The molecule has 0 saturated carbocycles. The van der Waals surface area contributed by atoms with E-state index in [2.05, 4.69) is 15.6 Å². The van der Waals surface area contributed by atoms with Crippen LogP contribution in [0, 0.1) is 18.8 Å². The minimum Gasteiger partial charge on any atom is -0.369 e. The number of halogens is 6. The largest absolute Gasteiger partial charge is 0.389 e. The summed E-state index contributed by atoms with van der Waals surface area (Å²) in [5, 5.41) is 4.83.